The van der Waals surface area contributed by atoms with Crippen LogP contribution in [0.2, 0.25) is 0 Å². The fourth-order valence-electron chi connectivity index (χ4n) is 3.48. The number of ether oxygens (including phenoxy) is 2. The van der Waals surface area contributed by atoms with E-state index in [2.05, 4.69) is 15.4 Å². The molecule has 4 N–H and O–H groups in total. The first kappa shape index (κ1) is 15.7. The lowest BCUT2D eigenvalue weighted by Gasteiger charge is -2.23. The smallest absolute Gasteiger partial charge is 0.231 e. The molecule has 1 unspecified atom stereocenters. The molecule has 0 radical (unpaired) electrons. The number of rotatable bonds is 2. The molecule has 0 fully saturated rings. The zero-order valence-corrected chi connectivity index (χ0v) is 14.5. The van der Waals surface area contributed by atoms with Gasteiger partial charge in [-0.25, -0.2) is 4.68 Å². The molecule has 3 aromatic rings. The number of aliphatic hydroxyl groups is 1. The summed E-state index contributed by atoms with van der Waals surface area (Å²) in [5.41, 5.74) is 10.0. The summed E-state index contributed by atoms with van der Waals surface area (Å²) in [7, 11) is 0. The average molecular weight is 363 g/mol. The number of nitrogens with two attached hydrogens (primary N) is 1. The third-order valence-electron chi connectivity index (χ3n) is 4.76. The molecule has 2 aliphatic heterocycles. The standard InChI is InChI=1S/C19H17N5O3/c1-10-11(5-6-14-17(10)27-9-26-14)13-8-15(25)24-19(22-13)16(18(20)23-24)12-4-2-3-7-21-12/h2-8,15,22,25H,9H2,1H3,(H2,20,23). The summed E-state index contributed by atoms with van der Waals surface area (Å²) in [4.78, 5) is 4.37. The molecule has 0 saturated heterocycles. The molecule has 136 valence electrons. The Kier molecular flexibility index (Phi) is 3.34. The van der Waals surface area contributed by atoms with Crippen molar-refractivity contribution >= 4 is 17.3 Å². The largest absolute Gasteiger partial charge is 0.454 e. The van der Waals surface area contributed by atoms with E-state index in [1.165, 1.54) is 4.68 Å². The maximum atomic E-state index is 10.6. The quantitative estimate of drug-likeness (QED) is 0.642. The molecule has 5 rings (SSSR count). The fraction of sp³-hybridized carbons (Fsp3) is 0.158. The Hall–Kier alpha value is -3.52. The minimum absolute atomic E-state index is 0.210. The van der Waals surface area contributed by atoms with Crippen LogP contribution in [0.4, 0.5) is 11.6 Å². The number of nitrogens with zero attached hydrogens (tertiary/aromatic N) is 3. The van der Waals surface area contributed by atoms with Crippen molar-refractivity contribution in [1.29, 1.82) is 0 Å². The molecular formula is C19H17N5O3. The molecule has 27 heavy (non-hydrogen) atoms. The van der Waals surface area contributed by atoms with Crippen LogP contribution in [-0.4, -0.2) is 26.7 Å². The minimum Gasteiger partial charge on any atom is -0.454 e. The van der Waals surface area contributed by atoms with Gasteiger partial charge in [0.25, 0.3) is 0 Å². The Balaban J connectivity index is 1.61. The summed E-state index contributed by atoms with van der Waals surface area (Å²) >= 11 is 0. The van der Waals surface area contributed by atoms with Crippen molar-refractivity contribution in [3.8, 4) is 22.8 Å². The number of pyridine rings is 1. The highest BCUT2D eigenvalue weighted by atomic mass is 16.7. The van der Waals surface area contributed by atoms with E-state index in [0.29, 0.717) is 28.6 Å². The molecule has 0 amide bonds. The van der Waals surface area contributed by atoms with E-state index in [-0.39, 0.29) is 6.79 Å². The maximum Gasteiger partial charge on any atom is 0.231 e. The minimum atomic E-state index is -0.958. The number of nitrogens with one attached hydrogen (secondary N) is 1. The summed E-state index contributed by atoms with van der Waals surface area (Å²) in [5, 5.41) is 18.2. The highest BCUT2D eigenvalue weighted by Gasteiger charge is 2.28. The number of nitrogen functional groups attached to an aromatic ring is 1. The molecule has 0 spiro atoms. The van der Waals surface area contributed by atoms with Gasteiger partial charge in [0.2, 0.25) is 6.79 Å². The van der Waals surface area contributed by atoms with Crippen molar-refractivity contribution in [2.45, 2.75) is 13.2 Å². The highest BCUT2D eigenvalue weighted by molar-refractivity contribution is 5.90. The Morgan fingerprint density at radius 3 is 2.96 bits per heavy atom. The van der Waals surface area contributed by atoms with Gasteiger partial charge in [0.15, 0.2) is 23.5 Å². The van der Waals surface area contributed by atoms with E-state index in [9.17, 15) is 5.11 Å². The van der Waals surface area contributed by atoms with Gasteiger partial charge in [-0.2, -0.15) is 5.10 Å². The second kappa shape index (κ2) is 5.75. The first-order chi connectivity index (χ1) is 13.1. The summed E-state index contributed by atoms with van der Waals surface area (Å²) in [5.74, 6) is 2.32. The van der Waals surface area contributed by atoms with E-state index in [0.717, 1.165) is 22.6 Å². The van der Waals surface area contributed by atoms with Crippen LogP contribution in [0.25, 0.3) is 17.0 Å². The Labute approximate surface area is 154 Å². The molecule has 2 aliphatic rings. The van der Waals surface area contributed by atoms with Crippen LogP contribution in [0.15, 0.2) is 42.6 Å². The van der Waals surface area contributed by atoms with Gasteiger partial charge >= 0.3 is 0 Å². The van der Waals surface area contributed by atoms with Crippen LogP contribution in [0.1, 0.15) is 17.4 Å². The second-order valence-electron chi connectivity index (χ2n) is 6.36. The van der Waals surface area contributed by atoms with Gasteiger partial charge in [0, 0.05) is 23.0 Å². The monoisotopic (exact) mass is 363 g/mol. The third kappa shape index (κ3) is 2.34. The Morgan fingerprint density at radius 2 is 2.15 bits per heavy atom. The zero-order valence-electron chi connectivity index (χ0n) is 14.5. The SMILES string of the molecule is Cc1c(C2=CC(O)n3nc(N)c(-c4ccccn4)c3N2)ccc2c1OCO2. The van der Waals surface area contributed by atoms with Crippen LogP contribution >= 0.6 is 0 Å². The normalized spacial score (nSPS) is 17.3. The van der Waals surface area contributed by atoms with Gasteiger partial charge in [0.05, 0.1) is 11.3 Å². The van der Waals surface area contributed by atoms with Crippen LogP contribution in [0, 0.1) is 6.92 Å². The van der Waals surface area contributed by atoms with Crippen molar-refractivity contribution < 1.29 is 14.6 Å². The molecule has 4 heterocycles. The van der Waals surface area contributed by atoms with E-state index < -0.39 is 6.23 Å². The number of fused-ring (bicyclic) bond motifs is 2. The molecule has 0 bridgehead atoms. The number of aliphatic hydroxyl groups excluding tert-OH is 1. The number of anilines is 2. The van der Waals surface area contributed by atoms with Gasteiger partial charge in [-0.1, -0.05) is 6.07 Å². The van der Waals surface area contributed by atoms with Crippen molar-refractivity contribution in [3.05, 3.63) is 53.7 Å². The highest BCUT2D eigenvalue weighted by Crippen LogP contribution is 2.43. The van der Waals surface area contributed by atoms with Gasteiger partial charge in [0.1, 0.15) is 5.82 Å². The molecule has 0 aliphatic carbocycles. The van der Waals surface area contributed by atoms with Crippen molar-refractivity contribution in [3.63, 3.8) is 0 Å². The lowest BCUT2D eigenvalue weighted by Crippen LogP contribution is -2.19. The van der Waals surface area contributed by atoms with Gasteiger partial charge < -0.3 is 25.6 Å². The van der Waals surface area contributed by atoms with Crippen molar-refractivity contribution in [2.75, 3.05) is 17.8 Å². The summed E-state index contributed by atoms with van der Waals surface area (Å²) in [6, 6.07) is 9.36. The molecular weight excluding hydrogens is 346 g/mol. The van der Waals surface area contributed by atoms with Crippen molar-refractivity contribution in [1.82, 2.24) is 14.8 Å². The lowest BCUT2D eigenvalue weighted by molar-refractivity contribution is 0.141. The van der Waals surface area contributed by atoms with E-state index in [4.69, 9.17) is 15.2 Å². The van der Waals surface area contributed by atoms with Crippen LogP contribution in [-0.2, 0) is 0 Å². The zero-order chi connectivity index (χ0) is 18.5. The molecule has 8 heteroatoms. The number of aromatic nitrogens is 3. The van der Waals surface area contributed by atoms with Gasteiger partial charge in [-0.15, -0.1) is 0 Å². The second-order valence-corrected chi connectivity index (χ2v) is 6.36. The van der Waals surface area contributed by atoms with E-state index in [1.807, 2.05) is 37.3 Å². The average Bonchev–Trinajstić information content (AvgIpc) is 3.27. The topological polar surface area (TPSA) is 107 Å². The lowest BCUT2D eigenvalue weighted by atomic mass is 10.0. The van der Waals surface area contributed by atoms with Gasteiger partial charge in [-0.3, -0.25) is 4.98 Å². The van der Waals surface area contributed by atoms with Gasteiger partial charge in [-0.05, 0) is 37.3 Å². The first-order valence-electron chi connectivity index (χ1n) is 8.49. The first-order valence-corrected chi connectivity index (χ1v) is 8.49. The molecule has 0 saturated carbocycles. The van der Waals surface area contributed by atoms with Crippen LogP contribution in [0.3, 0.4) is 0 Å². The fourth-order valence-corrected chi connectivity index (χ4v) is 3.48. The summed E-state index contributed by atoms with van der Waals surface area (Å²) in [6.45, 7) is 2.17. The third-order valence-corrected chi connectivity index (χ3v) is 4.76. The summed E-state index contributed by atoms with van der Waals surface area (Å²) < 4.78 is 12.4. The predicted molar refractivity (Wildman–Crippen MR) is 100 cm³/mol. The van der Waals surface area contributed by atoms with E-state index in [1.54, 1.807) is 12.3 Å². The number of hydrogen-bond donors (Lipinski definition) is 3. The molecule has 1 aromatic carbocycles. The molecule has 1 atom stereocenters. The predicted octanol–water partition coefficient (Wildman–Crippen LogP) is 2.52. The van der Waals surface area contributed by atoms with E-state index >= 15 is 0 Å². The van der Waals surface area contributed by atoms with Crippen LogP contribution in [0.5, 0.6) is 11.5 Å². The molecule has 8 nitrogen and oxygen atoms in total. The van der Waals surface area contributed by atoms with Crippen molar-refractivity contribution in [2.24, 2.45) is 0 Å². The Morgan fingerprint density at radius 1 is 1.26 bits per heavy atom. The summed E-state index contributed by atoms with van der Waals surface area (Å²) in [6.07, 6.45) is 2.42. The van der Waals surface area contributed by atoms with Crippen LogP contribution < -0.4 is 20.5 Å². The Bertz CT molecular complexity index is 1070. The molecule has 2 aromatic heterocycles. The number of hydrogen-bond acceptors (Lipinski definition) is 7. The number of benzene rings is 1. The maximum absolute atomic E-state index is 10.6.